The maximum atomic E-state index is 12.1. The minimum absolute atomic E-state index is 0.0474. The number of ketones is 1. The van der Waals surface area contributed by atoms with Crippen molar-refractivity contribution in [2.45, 2.75) is 0 Å². The van der Waals surface area contributed by atoms with Crippen molar-refractivity contribution in [3.63, 3.8) is 0 Å². The van der Waals surface area contributed by atoms with E-state index in [1.54, 1.807) is 49.6 Å². The molecule has 0 N–H and O–H groups in total. The van der Waals surface area contributed by atoms with E-state index in [-0.39, 0.29) is 19.0 Å². The summed E-state index contributed by atoms with van der Waals surface area (Å²) in [7, 11) is 1.60. The first-order valence-corrected chi connectivity index (χ1v) is 10.1. The number of carbonyl (C=O) groups excluding carboxylic acids is 2. The van der Waals surface area contributed by atoms with E-state index in [9.17, 15) is 9.59 Å². The van der Waals surface area contributed by atoms with Crippen molar-refractivity contribution in [2.24, 2.45) is 0 Å². The molecular formula is C27H24O5. The Kier molecular flexibility index (Phi) is 8.40. The third kappa shape index (κ3) is 7.29. The Bertz CT molecular complexity index is 1070. The van der Waals surface area contributed by atoms with Gasteiger partial charge >= 0.3 is 5.97 Å². The number of esters is 1. The molecule has 0 aliphatic heterocycles. The van der Waals surface area contributed by atoms with E-state index in [0.29, 0.717) is 11.3 Å². The number of allylic oxidation sites excluding steroid dienone is 1. The van der Waals surface area contributed by atoms with Crippen LogP contribution < -0.4 is 9.47 Å². The maximum Gasteiger partial charge on any atom is 0.330 e. The Labute approximate surface area is 187 Å². The second-order valence-electron chi connectivity index (χ2n) is 6.76. The van der Waals surface area contributed by atoms with Crippen molar-refractivity contribution in [3.05, 3.63) is 108 Å². The van der Waals surface area contributed by atoms with E-state index in [1.807, 2.05) is 54.6 Å². The van der Waals surface area contributed by atoms with Crippen LogP contribution in [-0.2, 0) is 9.53 Å². The standard InChI is InChI=1S/C27H24O5/c1-30-24-13-7-22(8-14-24)12-18-27(29)32-20-19-31-25-15-9-21(10-16-25)11-17-26(28)23-5-3-2-4-6-23/h2-18H,19-20H2,1H3/b17-11+,18-12+. The normalized spacial score (nSPS) is 10.9. The van der Waals surface area contributed by atoms with Crippen molar-refractivity contribution < 1.29 is 23.8 Å². The predicted octanol–water partition coefficient (Wildman–Crippen LogP) is 5.23. The van der Waals surface area contributed by atoms with Crippen LogP contribution in [0.1, 0.15) is 21.5 Å². The highest BCUT2D eigenvalue weighted by Gasteiger charge is 2.01. The van der Waals surface area contributed by atoms with Crippen molar-refractivity contribution in [2.75, 3.05) is 20.3 Å². The van der Waals surface area contributed by atoms with Crippen LogP contribution in [0.4, 0.5) is 0 Å². The van der Waals surface area contributed by atoms with Gasteiger partial charge in [-0.1, -0.05) is 60.7 Å². The Morgan fingerprint density at radius 2 is 1.31 bits per heavy atom. The van der Waals surface area contributed by atoms with E-state index in [2.05, 4.69) is 0 Å². The highest BCUT2D eigenvalue weighted by Crippen LogP contribution is 2.14. The topological polar surface area (TPSA) is 61.8 Å². The van der Waals surface area contributed by atoms with Crippen LogP contribution in [0, 0.1) is 0 Å². The van der Waals surface area contributed by atoms with Crippen molar-refractivity contribution >= 4 is 23.9 Å². The zero-order valence-electron chi connectivity index (χ0n) is 17.8. The molecule has 0 radical (unpaired) electrons. The van der Waals surface area contributed by atoms with Gasteiger partial charge in [0.05, 0.1) is 7.11 Å². The van der Waals surface area contributed by atoms with Gasteiger partial charge in [0, 0.05) is 11.6 Å². The first-order chi connectivity index (χ1) is 15.6. The van der Waals surface area contributed by atoms with E-state index in [4.69, 9.17) is 14.2 Å². The maximum absolute atomic E-state index is 12.1. The summed E-state index contributed by atoms with van der Waals surface area (Å²) in [5.74, 6) is 0.926. The fourth-order valence-electron chi connectivity index (χ4n) is 2.77. The van der Waals surface area contributed by atoms with Crippen molar-refractivity contribution in [1.29, 1.82) is 0 Å². The summed E-state index contributed by atoms with van der Waals surface area (Å²) in [6.45, 7) is 0.378. The largest absolute Gasteiger partial charge is 0.497 e. The lowest BCUT2D eigenvalue weighted by Crippen LogP contribution is -2.10. The molecule has 0 heterocycles. The lowest BCUT2D eigenvalue weighted by molar-refractivity contribution is -0.138. The van der Waals surface area contributed by atoms with Crippen LogP contribution in [0.3, 0.4) is 0 Å². The third-order valence-electron chi connectivity index (χ3n) is 4.49. The van der Waals surface area contributed by atoms with Crippen molar-refractivity contribution in [3.8, 4) is 11.5 Å². The van der Waals surface area contributed by atoms with Gasteiger partial charge in [0.25, 0.3) is 0 Å². The number of carbonyl (C=O) groups is 2. The average Bonchev–Trinajstić information content (AvgIpc) is 2.85. The quantitative estimate of drug-likeness (QED) is 0.192. The Morgan fingerprint density at radius 1 is 0.719 bits per heavy atom. The molecule has 0 aliphatic rings. The molecule has 162 valence electrons. The highest BCUT2D eigenvalue weighted by atomic mass is 16.6. The van der Waals surface area contributed by atoms with Crippen LogP contribution in [0.5, 0.6) is 11.5 Å². The van der Waals surface area contributed by atoms with E-state index in [1.165, 1.54) is 6.08 Å². The van der Waals surface area contributed by atoms with Crippen LogP contribution in [-0.4, -0.2) is 32.1 Å². The van der Waals surface area contributed by atoms with Crippen LogP contribution in [0.25, 0.3) is 12.2 Å². The Balaban J connectivity index is 1.38. The minimum atomic E-state index is -0.437. The molecule has 5 heteroatoms. The van der Waals surface area contributed by atoms with Gasteiger partial charge < -0.3 is 14.2 Å². The van der Waals surface area contributed by atoms with Crippen LogP contribution >= 0.6 is 0 Å². The van der Waals surface area contributed by atoms with Gasteiger partial charge in [-0.2, -0.15) is 0 Å². The second kappa shape index (κ2) is 11.9. The molecule has 3 aromatic rings. The highest BCUT2D eigenvalue weighted by molar-refractivity contribution is 6.06. The SMILES string of the molecule is COc1ccc(/C=C/C(=O)OCCOc2ccc(/C=C/C(=O)c3ccccc3)cc2)cc1. The van der Waals surface area contributed by atoms with Gasteiger partial charge in [-0.25, -0.2) is 4.79 Å². The molecule has 0 aromatic heterocycles. The summed E-state index contributed by atoms with van der Waals surface area (Å²) in [6, 6.07) is 23.8. The first kappa shape index (κ1) is 22.6. The first-order valence-electron chi connectivity index (χ1n) is 10.1. The molecule has 5 nitrogen and oxygen atoms in total. The van der Waals surface area contributed by atoms with Crippen LogP contribution in [0.2, 0.25) is 0 Å². The molecule has 0 saturated carbocycles. The summed E-state index contributed by atoms with van der Waals surface area (Å²) in [5, 5.41) is 0. The molecule has 0 aliphatic carbocycles. The zero-order valence-corrected chi connectivity index (χ0v) is 17.8. The summed E-state index contributed by atoms with van der Waals surface area (Å²) < 4.78 is 15.8. The number of hydrogen-bond donors (Lipinski definition) is 0. The van der Waals surface area contributed by atoms with Crippen LogP contribution in [0.15, 0.2) is 91.0 Å². The van der Waals surface area contributed by atoms with Gasteiger partial charge in [-0.05, 0) is 47.5 Å². The van der Waals surface area contributed by atoms with Gasteiger partial charge in [-0.15, -0.1) is 0 Å². The minimum Gasteiger partial charge on any atom is -0.497 e. The van der Waals surface area contributed by atoms with E-state index < -0.39 is 5.97 Å². The fraction of sp³-hybridized carbons (Fsp3) is 0.111. The molecule has 3 rings (SSSR count). The lowest BCUT2D eigenvalue weighted by atomic mass is 10.1. The summed E-state index contributed by atoms with van der Waals surface area (Å²) in [6.07, 6.45) is 6.36. The Hall–Kier alpha value is -4.12. The monoisotopic (exact) mass is 428 g/mol. The van der Waals surface area contributed by atoms with Gasteiger partial charge in [0.1, 0.15) is 24.7 Å². The summed E-state index contributed by atoms with van der Waals surface area (Å²) in [5.41, 5.74) is 2.41. The molecule has 0 fully saturated rings. The molecule has 0 bridgehead atoms. The number of hydrogen-bond acceptors (Lipinski definition) is 5. The van der Waals surface area contributed by atoms with Crippen molar-refractivity contribution in [1.82, 2.24) is 0 Å². The summed E-state index contributed by atoms with van der Waals surface area (Å²) >= 11 is 0. The molecule has 32 heavy (non-hydrogen) atoms. The second-order valence-corrected chi connectivity index (χ2v) is 6.76. The average molecular weight is 428 g/mol. The third-order valence-corrected chi connectivity index (χ3v) is 4.49. The smallest absolute Gasteiger partial charge is 0.330 e. The summed E-state index contributed by atoms with van der Waals surface area (Å²) in [4.78, 5) is 23.9. The molecule has 0 atom stereocenters. The lowest BCUT2D eigenvalue weighted by Gasteiger charge is -2.06. The zero-order chi connectivity index (χ0) is 22.6. The molecule has 0 unspecified atom stereocenters. The molecule has 0 saturated heterocycles. The molecule has 0 amide bonds. The Morgan fingerprint density at radius 3 is 1.94 bits per heavy atom. The number of benzene rings is 3. The molecular weight excluding hydrogens is 404 g/mol. The van der Waals surface area contributed by atoms with Gasteiger partial charge in [-0.3, -0.25) is 4.79 Å². The van der Waals surface area contributed by atoms with E-state index in [0.717, 1.165) is 16.9 Å². The molecule has 0 spiro atoms. The number of rotatable bonds is 10. The number of methoxy groups -OCH3 is 1. The fourth-order valence-corrected chi connectivity index (χ4v) is 2.77. The van der Waals surface area contributed by atoms with Gasteiger partial charge in [0.2, 0.25) is 0 Å². The molecule has 3 aromatic carbocycles. The van der Waals surface area contributed by atoms with E-state index >= 15 is 0 Å². The number of ether oxygens (including phenoxy) is 3. The predicted molar refractivity (Wildman–Crippen MR) is 125 cm³/mol. The van der Waals surface area contributed by atoms with Gasteiger partial charge in [0.15, 0.2) is 5.78 Å².